The number of carbonyl (C=O) groups excluding carboxylic acids is 1. The predicted octanol–water partition coefficient (Wildman–Crippen LogP) is 6.63. The highest BCUT2D eigenvalue weighted by Crippen LogP contribution is 2.37. The third-order valence-corrected chi connectivity index (χ3v) is 6.45. The Labute approximate surface area is 205 Å². The molecule has 4 rings (SSSR count). The summed E-state index contributed by atoms with van der Waals surface area (Å²) < 4.78 is 5.44. The summed E-state index contributed by atoms with van der Waals surface area (Å²) in [7, 11) is 0. The lowest BCUT2D eigenvalue weighted by Crippen LogP contribution is -2.28. The maximum absolute atomic E-state index is 13.5. The summed E-state index contributed by atoms with van der Waals surface area (Å²) >= 11 is 1.38. The van der Waals surface area contributed by atoms with Gasteiger partial charge in [0.15, 0.2) is 5.17 Å². The Morgan fingerprint density at radius 1 is 0.941 bits per heavy atom. The zero-order valence-electron chi connectivity index (χ0n) is 19.3. The molecular formula is C29H26N2O2S. The van der Waals surface area contributed by atoms with E-state index in [4.69, 9.17) is 16.2 Å². The van der Waals surface area contributed by atoms with E-state index >= 15 is 0 Å². The minimum absolute atomic E-state index is 0.0918. The van der Waals surface area contributed by atoms with Crippen LogP contribution < -0.4 is 9.64 Å². The lowest BCUT2D eigenvalue weighted by Gasteiger charge is -2.16. The van der Waals surface area contributed by atoms with Gasteiger partial charge in [-0.2, -0.15) is 0 Å². The van der Waals surface area contributed by atoms with Gasteiger partial charge in [-0.05, 0) is 83.8 Å². The molecule has 1 amide bonds. The lowest BCUT2D eigenvalue weighted by molar-refractivity contribution is -0.113. The van der Waals surface area contributed by atoms with E-state index in [9.17, 15) is 4.79 Å². The molecule has 0 spiro atoms. The van der Waals surface area contributed by atoms with Crippen molar-refractivity contribution < 1.29 is 9.53 Å². The molecule has 1 aliphatic rings. The maximum Gasteiger partial charge on any atom is 0.271 e. The van der Waals surface area contributed by atoms with E-state index in [1.165, 1.54) is 22.9 Å². The minimum atomic E-state index is -0.0918. The van der Waals surface area contributed by atoms with Crippen LogP contribution >= 0.6 is 11.8 Å². The zero-order valence-corrected chi connectivity index (χ0v) is 20.1. The van der Waals surface area contributed by atoms with Gasteiger partial charge in [0.1, 0.15) is 12.4 Å². The number of nitrogens with zero attached hydrogens (tertiary/aromatic N) is 2. The van der Waals surface area contributed by atoms with E-state index in [0.717, 1.165) is 29.8 Å². The summed E-state index contributed by atoms with van der Waals surface area (Å²) in [5.74, 6) is 3.06. The van der Waals surface area contributed by atoms with Crippen LogP contribution in [0, 0.1) is 12.3 Å². The van der Waals surface area contributed by atoms with Gasteiger partial charge >= 0.3 is 0 Å². The van der Waals surface area contributed by atoms with Crippen molar-refractivity contribution in [1.29, 1.82) is 0 Å². The molecule has 4 nitrogen and oxygen atoms in total. The highest BCUT2D eigenvalue weighted by molar-refractivity contribution is 8.19. The SMILES string of the molecule is C#CCOc1ccc(/C=C2\SC(=Nc3ccc(CC)cc3)N(c3ccc(CC)cc3)C2=O)cc1. The first kappa shape index (κ1) is 23.4. The number of hydrogen-bond donors (Lipinski definition) is 0. The molecule has 0 unspecified atom stereocenters. The summed E-state index contributed by atoms with van der Waals surface area (Å²) in [6.45, 7) is 4.46. The number of amidine groups is 1. The first-order chi connectivity index (χ1) is 16.6. The van der Waals surface area contributed by atoms with Gasteiger partial charge in [0, 0.05) is 0 Å². The molecule has 0 atom stereocenters. The molecule has 0 radical (unpaired) electrons. The Hall–Kier alpha value is -3.75. The number of anilines is 1. The number of hydrogen-bond acceptors (Lipinski definition) is 4. The summed E-state index contributed by atoms with van der Waals surface area (Å²) in [6, 6.07) is 23.7. The fraction of sp³-hybridized carbons (Fsp3) is 0.172. The van der Waals surface area contributed by atoms with Crippen LogP contribution in [0.3, 0.4) is 0 Å². The highest BCUT2D eigenvalue weighted by Gasteiger charge is 2.34. The molecule has 0 saturated carbocycles. The fourth-order valence-electron chi connectivity index (χ4n) is 3.51. The molecule has 5 heteroatoms. The predicted molar refractivity (Wildman–Crippen MR) is 143 cm³/mol. The van der Waals surface area contributed by atoms with E-state index in [1.807, 2.05) is 54.6 Å². The van der Waals surface area contributed by atoms with E-state index in [1.54, 1.807) is 4.90 Å². The van der Waals surface area contributed by atoms with Crippen LogP contribution in [0.15, 0.2) is 82.7 Å². The number of aryl methyl sites for hydroxylation is 2. The Bertz CT molecular complexity index is 1250. The van der Waals surface area contributed by atoms with Crippen molar-refractivity contribution in [1.82, 2.24) is 0 Å². The number of rotatable bonds is 7. The number of ether oxygens (including phenoxy) is 1. The molecule has 1 fully saturated rings. The lowest BCUT2D eigenvalue weighted by atomic mass is 10.1. The van der Waals surface area contributed by atoms with Crippen LogP contribution in [0.1, 0.15) is 30.5 Å². The van der Waals surface area contributed by atoms with Crippen molar-refractivity contribution in [2.24, 2.45) is 4.99 Å². The number of amides is 1. The third-order valence-electron chi connectivity index (χ3n) is 5.48. The first-order valence-electron chi connectivity index (χ1n) is 11.3. The quantitative estimate of drug-likeness (QED) is 0.290. The average molecular weight is 467 g/mol. The number of benzene rings is 3. The fourth-order valence-corrected chi connectivity index (χ4v) is 4.51. The van der Waals surface area contributed by atoms with E-state index < -0.39 is 0 Å². The van der Waals surface area contributed by atoms with Gasteiger partial charge in [-0.3, -0.25) is 9.69 Å². The molecule has 0 bridgehead atoms. The summed E-state index contributed by atoms with van der Waals surface area (Å²) in [5.41, 5.74) is 5.00. The molecule has 1 saturated heterocycles. The van der Waals surface area contributed by atoms with Crippen LogP contribution in [0.25, 0.3) is 6.08 Å². The standard InChI is InChI=1S/C29H26N2O2S/c1-4-19-33-26-17-11-23(12-18-26)20-27-28(32)31(25-15-9-22(6-3)10-16-25)29(34-27)30-24-13-7-21(5-2)8-14-24/h1,7-18,20H,5-6,19H2,2-3H3/b27-20-,30-29?. The topological polar surface area (TPSA) is 41.9 Å². The number of aliphatic imine (C=N–C) groups is 1. The summed E-state index contributed by atoms with van der Waals surface area (Å²) in [6.07, 6.45) is 9.05. The number of terminal acetylenes is 1. The second kappa shape index (κ2) is 10.9. The highest BCUT2D eigenvalue weighted by atomic mass is 32.2. The number of carbonyl (C=O) groups is 1. The molecule has 3 aromatic rings. The molecule has 0 aliphatic carbocycles. The molecule has 3 aromatic carbocycles. The number of thioether (sulfide) groups is 1. The van der Waals surface area contributed by atoms with Crippen LogP contribution in [0.2, 0.25) is 0 Å². The zero-order chi connectivity index (χ0) is 23.9. The second-order valence-electron chi connectivity index (χ2n) is 7.75. The van der Waals surface area contributed by atoms with Crippen LogP contribution in [0.4, 0.5) is 11.4 Å². The van der Waals surface area contributed by atoms with Crippen molar-refractivity contribution >= 4 is 40.3 Å². The van der Waals surface area contributed by atoms with Crippen molar-refractivity contribution in [2.75, 3.05) is 11.5 Å². The monoisotopic (exact) mass is 466 g/mol. The van der Waals surface area contributed by atoms with E-state index in [-0.39, 0.29) is 12.5 Å². The second-order valence-corrected chi connectivity index (χ2v) is 8.76. The first-order valence-corrected chi connectivity index (χ1v) is 12.1. The van der Waals surface area contributed by atoms with Gasteiger partial charge in [0.25, 0.3) is 5.91 Å². The minimum Gasteiger partial charge on any atom is -0.481 e. The third kappa shape index (κ3) is 5.41. The molecule has 0 aromatic heterocycles. The van der Waals surface area contributed by atoms with Crippen molar-refractivity contribution in [2.45, 2.75) is 26.7 Å². The maximum atomic E-state index is 13.5. The summed E-state index contributed by atoms with van der Waals surface area (Å²) in [5, 5.41) is 0.638. The normalized spacial score (nSPS) is 15.7. The van der Waals surface area contributed by atoms with Gasteiger partial charge in [0.2, 0.25) is 0 Å². The largest absolute Gasteiger partial charge is 0.481 e. The van der Waals surface area contributed by atoms with Gasteiger partial charge in [0.05, 0.1) is 16.3 Å². The average Bonchev–Trinajstić information content (AvgIpc) is 3.18. The Kier molecular flexibility index (Phi) is 7.51. The van der Waals surface area contributed by atoms with Crippen molar-refractivity contribution in [3.8, 4) is 18.1 Å². The van der Waals surface area contributed by atoms with E-state index in [2.05, 4.69) is 44.0 Å². The van der Waals surface area contributed by atoms with Gasteiger partial charge in [-0.15, -0.1) is 6.42 Å². The van der Waals surface area contributed by atoms with Crippen LogP contribution in [0.5, 0.6) is 5.75 Å². The molecule has 1 aliphatic heterocycles. The molecule has 34 heavy (non-hydrogen) atoms. The Morgan fingerprint density at radius 3 is 2.15 bits per heavy atom. The van der Waals surface area contributed by atoms with Crippen molar-refractivity contribution in [3.63, 3.8) is 0 Å². The Morgan fingerprint density at radius 2 is 1.56 bits per heavy atom. The molecule has 170 valence electrons. The molecule has 1 heterocycles. The van der Waals surface area contributed by atoms with Gasteiger partial charge in [-0.25, -0.2) is 4.99 Å². The van der Waals surface area contributed by atoms with Gasteiger partial charge in [-0.1, -0.05) is 56.2 Å². The van der Waals surface area contributed by atoms with Crippen LogP contribution in [-0.2, 0) is 17.6 Å². The van der Waals surface area contributed by atoms with Gasteiger partial charge < -0.3 is 4.74 Å². The molecular weight excluding hydrogens is 440 g/mol. The van der Waals surface area contributed by atoms with Crippen molar-refractivity contribution in [3.05, 3.63) is 94.4 Å². The summed E-state index contributed by atoms with van der Waals surface area (Å²) in [4.78, 5) is 20.6. The Balaban J connectivity index is 1.68. The van der Waals surface area contributed by atoms with E-state index in [0.29, 0.717) is 15.8 Å². The van der Waals surface area contributed by atoms with Crippen LogP contribution in [-0.4, -0.2) is 17.7 Å². The smallest absolute Gasteiger partial charge is 0.271 e. The molecule has 0 N–H and O–H groups in total.